The van der Waals surface area contributed by atoms with Gasteiger partial charge in [0.2, 0.25) is 11.1 Å². The Morgan fingerprint density at radius 1 is 1.32 bits per heavy atom. The molecule has 0 bridgehead atoms. The number of rotatable bonds is 4. The van der Waals surface area contributed by atoms with Gasteiger partial charge in [0.15, 0.2) is 0 Å². The van der Waals surface area contributed by atoms with Crippen molar-refractivity contribution < 1.29 is 15.0 Å². The monoisotopic (exact) mass is 285 g/mol. The van der Waals surface area contributed by atoms with E-state index >= 15 is 0 Å². The normalized spacial score (nSPS) is 26.9. The molecule has 0 spiro atoms. The van der Waals surface area contributed by atoms with Crippen LogP contribution >= 0.6 is 11.8 Å². The van der Waals surface area contributed by atoms with E-state index in [0.29, 0.717) is 11.2 Å². The molecular formula is C10H15N5O3S. The number of carbonyl (C=O) groups is 1. The molecule has 0 radical (unpaired) electrons. The number of hydrogen-bond acceptors (Lipinski definition) is 7. The first-order valence-electron chi connectivity index (χ1n) is 6.19. The molecule has 2 fully saturated rings. The molecule has 2 atom stereocenters. The van der Waals surface area contributed by atoms with Gasteiger partial charge in [-0.25, -0.2) is 4.68 Å². The van der Waals surface area contributed by atoms with Gasteiger partial charge in [-0.05, 0) is 23.3 Å². The summed E-state index contributed by atoms with van der Waals surface area (Å²) in [5, 5.41) is 30.9. The maximum atomic E-state index is 11.9. The number of thioether (sulfide) groups is 1. The maximum Gasteiger partial charge on any atom is 0.233 e. The van der Waals surface area contributed by atoms with Gasteiger partial charge >= 0.3 is 0 Å². The van der Waals surface area contributed by atoms with E-state index in [1.165, 1.54) is 16.7 Å². The van der Waals surface area contributed by atoms with Crippen LogP contribution in [0.25, 0.3) is 0 Å². The van der Waals surface area contributed by atoms with Crippen LogP contribution < -0.4 is 0 Å². The van der Waals surface area contributed by atoms with Crippen LogP contribution in [0.4, 0.5) is 0 Å². The molecule has 1 aromatic heterocycles. The second-order valence-corrected chi connectivity index (χ2v) is 5.80. The van der Waals surface area contributed by atoms with Crippen molar-refractivity contribution in [3.63, 3.8) is 0 Å². The molecule has 1 aromatic rings. The summed E-state index contributed by atoms with van der Waals surface area (Å²) in [5.74, 6) is 0.0953. The number of β-amino-alcohol motifs (C(OH)–C–C–N with tert-alkyl or cyclic N) is 2. The van der Waals surface area contributed by atoms with E-state index in [1.54, 1.807) is 4.68 Å². The highest BCUT2D eigenvalue weighted by molar-refractivity contribution is 7.99. The molecule has 0 unspecified atom stereocenters. The summed E-state index contributed by atoms with van der Waals surface area (Å²) in [6.45, 7) is 0.377. The van der Waals surface area contributed by atoms with E-state index in [2.05, 4.69) is 15.5 Å². The molecule has 1 aliphatic heterocycles. The number of aromatic nitrogens is 4. The van der Waals surface area contributed by atoms with Crippen LogP contribution in [0.2, 0.25) is 0 Å². The highest BCUT2D eigenvalue weighted by Crippen LogP contribution is 2.36. The van der Waals surface area contributed by atoms with Crippen LogP contribution in [0.5, 0.6) is 0 Å². The molecule has 1 saturated heterocycles. The Kier molecular flexibility index (Phi) is 3.42. The molecule has 0 aromatic carbocycles. The standard InChI is InChI=1S/C10H15N5O3S/c16-7-3-14(4-8(7)17)9(18)5-19-10-11-12-13-15(10)6-1-2-6/h6-8,16-17H,1-5H2/t7-,8+. The Labute approximate surface area is 113 Å². The average Bonchev–Trinajstić information content (AvgIpc) is 3.04. The fraction of sp³-hybridized carbons (Fsp3) is 0.800. The number of nitrogens with zero attached hydrogens (tertiary/aromatic N) is 5. The molecule has 104 valence electrons. The van der Waals surface area contributed by atoms with Crippen molar-refractivity contribution in [2.75, 3.05) is 18.8 Å². The summed E-state index contributed by atoms with van der Waals surface area (Å²) in [5.41, 5.74) is 0. The van der Waals surface area contributed by atoms with Gasteiger partial charge in [-0.2, -0.15) is 0 Å². The first kappa shape index (κ1) is 12.8. The molecule has 2 heterocycles. The summed E-state index contributed by atoms with van der Waals surface area (Å²) in [4.78, 5) is 13.4. The van der Waals surface area contributed by atoms with Crippen LogP contribution in [0.3, 0.4) is 0 Å². The molecule has 1 amide bonds. The Hall–Kier alpha value is -1.19. The quantitative estimate of drug-likeness (QED) is 0.660. The molecule has 9 heteroatoms. The van der Waals surface area contributed by atoms with Gasteiger partial charge in [0.05, 0.1) is 24.0 Å². The number of likely N-dealkylation sites (tertiary alicyclic amines) is 1. The third kappa shape index (κ3) is 2.72. The summed E-state index contributed by atoms with van der Waals surface area (Å²) in [7, 11) is 0. The Morgan fingerprint density at radius 3 is 2.63 bits per heavy atom. The van der Waals surface area contributed by atoms with Gasteiger partial charge in [0.25, 0.3) is 0 Å². The third-order valence-corrected chi connectivity index (χ3v) is 4.21. The summed E-state index contributed by atoms with van der Waals surface area (Å²) in [6.07, 6.45) is 0.477. The van der Waals surface area contributed by atoms with Crippen LogP contribution in [0.1, 0.15) is 18.9 Å². The number of carbonyl (C=O) groups excluding carboxylic acids is 1. The number of aliphatic hydroxyl groups is 2. The maximum absolute atomic E-state index is 11.9. The van der Waals surface area contributed by atoms with Crippen LogP contribution in [-0.4, -0.2) is 72.3 Å². The predicted octanol–water partition coefficient (Wildman–Crippen LogP) is -1.34. The average molecular weight is 285 g/mol. The van der Waals surface area contributed by atoms with E-state index < -0.39 is 12.2 Å². The summed E-state index contributed by atoms with van der Waals surface area (Å²) in [6, 6.07) is 0.378. The van der Waals surface area contributed by atoms with Crippen molar-refractivity contribution in [3.05, 3.63) is 0 Å². The molecule has 2 N–H and O–H groups in total. The largest absolute Gasteiger partial charge is 0.388 e. The third-order valence-electron chi connectivity index (χ3n) is 3.29. The Balaban J connectivity index is 1.54. The zero-order chi connectivity index (χ0) is 13.4. The Bertz CT molecular complexity index is 467. The minimum Gasteiger partial charge on any atom is -0.388 e. The molecule has 3 rings (SSSR count). The number of hydrogen-bond donors (Lipinski definition) is 2. The summed E-state index contributed by atoms with van der Waals surface area (Å²) < 4.78 is 1.76. The second-order valence-electron chi connectivity index (χ2n) is 4.86. The van der Waals surface area contributed by atoms with Gasteiger partial charge in [-0.3, -0.25) is 4.79 Å². The van der Waals surface area contributed by atoms with Crippen LogP contribution in [0.15, 0.2) is 5.16 Å². The lowest BCUT2D eigenvalue weighted by Crippen LogP contribution is -2.31. The van der Waals surface area contributed by atoms with Gasteiger partial charge in [-0.15, -0.1) is 5.10 Å². The SMILES string of the molecule is O=C(CSc1nnnn1C1CC1)N1C[C@@H](O)[C@@H](O)C1. The minimum atomic E-state index is -0.842. The molecule has 8 nitrogen and oxygen atoms in total. The van der Waals surface area contributed by atoms with Gasteiger partial charge in [0.1, 0.15) is 0 Å². The first-order valence-corrected chi connectivity index (χ1v) is 7.18. The fourth-order valence-electron chi connectivity index (χ4n) is 2.02. The summed E-state index contributed by atoms with van der Waals surface area (Å²) >= 11 is 1.29. The van der Waals surface area contributed by atoms with Gasteiger partial charge < -0.3 is 15.1 Å². The molecule has 2 aliphatic rings. The molecular weight excluding hydrogens is 270 g/mol. The van der Waals surface area contributed by atoms with Crippen LogP contribution in [-0.2, 0) is 4.79 Å². The second kappa shape index (κ2) is 5.06. The number of amides is 1. The minimum absolute atomic E-state index is 0.119. The van der Waals surface area contributed by atoms with E-state index in [4.69, 9.17) is 0 Å². The molecule has 1 aliphatic carbocycles. The lowest BCUT2D eigenvalue weighted by Gasteiger charge is -2.14. The molecule has 19 heavy (non-hydrogen) atoms. The van der Waals surface area contributed by atoms with Crippen molar-refractivity contribution in [3.8, 4) is 0 Å². The van der Waals surface area contributed by atoms with Crippen molar-refractivity contribution in [2.45, 2.75) is 36.2 Å². The van der Waals surface area contributed by atoms with Crippen molar-refractivity contribution in [1.29, 1.82) is 0 Å². The number of tetrazole rings is 1. The highest BCUT2D eigenvalue weighted by atomic mass is 32.2. The van der Waals surface area contributed by atoms with Gasteiger partial charge in [-0.1, -0.05) is 11.8 Å². The van der Waals surface area contributed by atoms with Crippen molar-refractivity contribution in [1.82, 2.24) is 25.1 Å². The molecule has 1 saturated carbocycles. The van der Waals surface area contributed by atoms with E-state index in [9.17, 15) is 15.0 Å². The Morgan fingerprint density at radius 2 is 2.00 bits per heavy atom. The van der Waals surface area contributed by atoms with Crippen LogP contribution in [0, 0.1) is 0 Å². The first-order chi connectivity index (χ1) is 9.15. The topological polar surface area (TPSA) is 104 Å². The highest BCUT2D eigenvalue weighted by Gasteiger charge is 2.33. The van der Waals surface area contributed by atoms with E-state index in [-0.39, 0.29) is 24.7 Å². The van der Waals surface area contributed by atoms with E-state index in [1.807, 2.05) is 0 Å². The fourth-order valence-corrected chi connectivity index (χ4v) is 2.87. The van der Waals surface area contributed by atoms with Gasteiger partial charge in [0, 0.05) is 13.1 Å². The van der Waals surface area contributed by atoms with Crippen molar-refractivity contribution >= 4 is 17.7 Å². The number of aliphatic hydroxyl groups excluding tert-OH is 2. The smallest absolute Gasteiger partial charge is 0.233 e. The zero-order valence-corrected chi connectivity index (χ0v) is 11.0. The predicted molar refractivity (Wildman–Crippen MR) is 65.4 cm³/mol. The van der Waals surface area contributed by atoms with E-state index in [0.717, 1.165) is 12.8 Å². The van der Waals surface area contributed by atoms with Crippen molar-refractivity contribution in [2.24, 2.45) is 0 Å². The zero-order valence-electron chi connectivity index (χ0n) is 10.2. The lowest BCUT2D eigenvalue weighted by molar-refractivity contribution is -0.127. The lowest BCUT2D eigenvalue weighted by atomic mass is 10.3.